The third kappa shape index (κ3) is 1.72. The standard InChI is InChI=1S/C11H15Cl3O/c1-9(2)7-4-5-8(6-7)10(3,15-9)11(12,13)14/h4-5,7-8H,6H2,1-3H3. The molecule has 0 amide bonds. The second-order valence-electron chi connectivity index (χ2n) is 5.14. The first kappa shape index (κ1) is 12.0. The lowest BCUT2D eigenvalue weighted by Gasteiger charge is -2.51. The van der Waals surface area contributed by atoms with Crippen molar-refractivity contribution in [3.8, 4) is 0 Å². The largest absolute Gasteiger partial charge is 0.364 e. The van der Waals surface area contributed by atoms with Crippen LogP contribution in [0.5, 0.6) is 0 Å². The first-order chi connectivity index (χ1) is 6.67. The van der Waals surface area contributed by atoms with Crippen molar-refractivity contribution in [1.29, 1.82) is 0 Å². The lowest BCUT2D eigenvalue weighted by molar-refractivity contribution is -0.194. The molecule has 1 nitrogen and oxygen atoms in total. The van der Waals surface area contributed by atoms with Gasteiger partial charge in [-0.25, -0.2) is 0 Å². The third-order valence-corrected chi connectivity index (χ3v) is 4.85. The first-order valence-corrected chi connectivity index (χ1v) is 6.25. The Morgan fingerprint density at radius 1 is 1.13 bits per heavy atom. The zero-order valence-electron chi connectivity index (χ0n) is 9.06. The highest BCUT2D eigenvalue weighted by Crippen LogP contribution is 2.56. The van der Waals surface area contributed by atoms with Crippen molar-refractivity contribution in [2.75, 3.05) is 0 Å². The predicted octanol–water partition coefficient (Wildman–Crippen LogP) is 4.12. The van der Waals surface area contributed by atoms with Gasteiger partial charge in [0.05, 0.1) is 5.60 Å². The van der Waals surface area contributed by atoms with Gasteiger partial charge in [0, 0.05) is 11.8 Å². The Hall–Kier alpha value is 0.570. The molecule has 2 aliphatic rings. The minimum absolute atomic E-state index is 0.197. The third-order valence-electron chi connectivity index (χ3n) is 3.72. The summed E-state index contributed by atoms with van der Waals surface area (Å²) in [6.45, 7) is 5.99. The van der Waals surface area contributed by atoms with Crippen molar-refractivity contribution in [2.24, 2.45) is 11.8 Å². The van der Waals surface area contributed by atoms with Crippen LogP contribution in [0.2, 0.25) is 0 Å². The highest BCUT2D eigenvalue weighted by molar-refractivity contribution is 6.68. The van der Waals surface area contributed by atoms with E-state index in [1.807, 2.05) is 6.92 Å². The number of fused-ring (bicyclic) bond motifs is 2. The maximum atomic E-state index is 6.05. The summed E-state index contributed by atoms with van der Waals surface area (Å²) in [6, 6.07) is 0. The maximum Gasteiger partial charge on any atom is 0.219 e. The lowest BCUT2D eigenvalue weighted by Crippen LogP contribution is -2.57. The molecule has 0 aromatic carbocycles. The molecule has 0 N–H and O–H groups in total. The smallest absolute Gasteiger partial charge is 0.219 e. The second kappa shape index (κ2) is 3.29. The molecule has 0 radical (unpaired) electrons. The molecule has 3 atom stereocenters. The van der Waals surface area contributed by atoms with Crippen LogP contribution in [0.25, 0.3) is 0 Å². The molecule has 4 heteroatoms. The van der Waals surface area contributed by atoms with Crippen LogP contribution in [-0.4, -0.2) is 15.0 Å². The molecule has 0 aromatic heterocycles. The van der Waals surface area contributed by atoms with Crippen molar-refractivity contribution in [3.63, 3.8) is 0 Å². The van der Waals surface area contributed by atoms with Gasteiger partial charge in [0.25, 0.3) is 0 Å². The van der Waals surface area contributed by atoms with E-state index < -0.39 is 9.39 Å². The molecule has 86 valence electrons. The van der Waals surface area contributed by atoms with Gasteiger partial charge in [0.2, 0.25) is 3.79 Å². The molecule has 0 aromatic rings. The van der Waals surface area contributed by atoms with Gasteiger partial charge in [-0.2, -0.15) is 0 Å². The highest BCUT2D eigenvalue weighted by atomic mass is 35.6. The summed E-state index contributed by atoms with van der Waals surface area (Å²) in [4.78, 5) is 0. The van der Waals surface area contributed by atoms with Gasteiger partial charge in [-0.3, -0.25) is 0 Å². The summed E-state index contributed by atoms with van der Waals surface area (Å²) in [5, 5.41) is 0. The summed E-state index contributed by atoms with van der Waals surface area (Å²) in [5.74, 6) is 0.631. The van der Waals surface area contributed by atoms with Gasteiger partial charge >= 0.3 is 0 Å². The van der Waals surface area contributed by atoms with Crippen LogP contribution in [-0.2, 0) is 4.74 Å². The van der Waals surface area contributed by atoms with E-state index in [0.29, 0.717) is 5.92 Å². The number of alkyl halides is 3. The normalized spacial score (nSPS) is 43.3. The van der Waals surface area contributed by atoms with Crippen molar-refractivity contribution in [3.05, 3.63) is 12.2 Å². The van der Waals surface area contributed by atoms with E-state index in [1.165, 1.54) is 0 Å². The molecular weight excluding hydrogens is 254 g/mol. The van der Waals surface area contributed by atoms with Crippen LogP contribution in [0.1, 0.15) is 27.2 Å². The summed E-state index contributed by atoms with van der Waals surface area (Å²) < 4.78 is 4.66. The topological polar surface area (TPSA) is 9.23 Å². The van der Waals surface area contributed by atoms with Crippen LogP contribution in [0, 0.1) is 11.8 Å². The first-order valence-electron chi connectivity index (χ1n) is 5.12. The van der Waals surface area contributed by atoms with Crippen molar-refractivity contribution in [1.82, 2.24) is 0 Å². The highest BCUT2D eigenvalue weighted by Gasteiger charge is 2.59. The quantitative estimate of drug-likeness (QED) is 0.475. The van der Waals surface area contributed by atoms with E-state index in [9.17, 15) is 0 Å². The minimum Gasteiger partial charge on any atom is -0.364 e. The number of hydrogen-bond donors (Lipinski definition) is 0. The average Bonchev–Trinajstić information content (AvgIpc) is 2.44. The van der Waals surface area contributed by atoms with Gasteiger partial charge in [0.1, 0.15) is 5.60 Å². The Morgan fingerprint density at radius 3 is 2.20 bits per heavy atom. The van der Waals surface area contributed by atoms with Crippen LogP contribution >= 0.6 is 34.8 Å². The number of ether oxygens (including phenoxy) is 1. The molecule has 1 heterocycles. The molecular formula is C11H15Cl3O. The molecule has 15 heavy (non-hydrogen) atoms. The van der Waals surface area contributed by atoms with Crippen molar-refractivity contribution in [2.45, 2.75) is 42.2 Å². The molecule has 1 aliphatic carbocycles. The number of hydrogen-bond acceptors (Lipinski definition) is 1. The monoisotopic (exact) mass is 268 g/mol. The summed E-state index contributed by atoms with van der Waals surface area (Å²) >= 11 is 18.1. The van der Waals surface area contributed by atoms with Gasteiger partial charge in [-0.1, -0.05) is 47.0 Å². The Morgan fingerprint density at radius 2 is 1.67 bits per heavy atom. The van der Waals surface area contributed by atoms with Crippen molar-refractivity contribution >= 4 is 34.8 Å². The van der Waals surface area contributed by atoms with Crippen molar-refractivity contribution < 1.29 is 4.74 Å². The van der Waals surface area contributed by atoms with Crippen LogP contribution in [0.4, 0.5) is 0 Å². The molecule has 0 saturated carbocycles. The number of halogens is 3. The summed E-state index contributed by atoms with van der Waals surface area (Å²) in [6.07, 6.45) is 5.32. The maximum absolute atomic E-state index is 6.05. The predicted molar refractivity (Wildman–Crippen MR) is 64.6 cm³/mol. The SMILES string of the molecule is CC1(C)OC(C)(C(Cl)(Cl)Cl)C2C=CC1C2. The molecule has 2 rings (SSSR count). The molecule has 0 spiro atoms. The summed E-state index contributed by atoms with van der Waals surface area (Å²) in [7, 11) is 0. The fourth-order valence-corrected chi connectivity index (χ4v) is 3.13. The van der Waals surface area contributed by atoms with Gasteiger partial charge in [0.15, 0.2) is 0 Å². The molecule has 1 saturated heterocycles. The van der Waals surface area contributed by atoms with Gasteiger partial charge in [-0.15, -0.1) is 0 Å². The van der Waals surface area contributed by atoms with Crippen LogP contribution in [0.3, 0.4) is 0 Å². The lowest BCUT2D eigenvalue weighted by atomic mass is 9.78. The molecule has 2 bridgehead atoms. The Bertz CT molecular complexity index is 305. The van der Waals surface area contributed by atoms with Gasteiger partial charge < -0.3 is 4.74 Å². The second-order valence-corrected chi connectivity index (χ2v) is 7.43. The van der Waals surface area contributed by atoms with E-state index in [4.69, 9.17) is 39.5 Å². The molecule has 3 unspecified atom stereocenters. The Balaban J connectivity index is 2.39. The minimum atomic E-state index is -1.39. The zero-order valence-corrected chi connectivity index (χ0v) is 11.3. The van der Waals surface area contributed by atoms with E-state index in [2.05, 4.69) is 26.0 Å². The molecule has 1 fully saturated rings. The van der Waals surface area contributed by atoms with E-state index in [1.54, 1.807) is 0 Å². The zero-order chi connectivity index (χ0) is 11.5. The molecule has 1 aliphatic heterocycles. The van der Waals surface area contributed by atoms with Crippen LogP contribution < -0.4 is 0 Å². The van der Waals surface area contributed by atoms with Crippen LogP contribution in [0.15, 0.2) is 12.2 Å². The fraction of sp³-hybridized carbons (Fsp3) is 0.818. The average molecular weight is 270 g/mol. The van der Waals surface area contributed by atoms with E-state index in [0.717, 1.165) is 6.42 Å². The van der Waals surface area contributed by atoms with E-state index >= 15 is 0 Å². The number of rotatable bonds is 0. The Labute approximate surface area is 106 Å². The van der Waals surface area contributed by atoms with E-state index in [-0.39, 0.29) is 11.5 Å². The summed E-state index contributed by atoms with van der Waals surface area (Å²) in [5.41, 5.74) is -0.993. The Kier molecular flexibility index (Phi) is 2.64. The van der Waals surface area contributed by atoms with Gasteiger partial charge in [-0.05, 0) is 27.2 Å². The fourth-order valence-electron chi connectivity index (χ4n) is 2.59.